The van der Waals surface area contributed by atoms with Gasteiger partial charge in [0.15, 0.2) is 9.84 Å². The summed E-state index contributed by atoms with van der Waals surface area (Å²) in [6.45, 7) is 7.70. The van der Waals surface area contributed by atoms with Gasteiger partial charge in [-0.2, -0.15) is 0 Å². The summed E-state index contributed by atoms with van der Waals surface area (Å²) in [6, 6.07) is 0.117. The molecule has 0 radical (unpaired) electrons. The maximum Gasteiger partial charge on any atom is 0.156 e. The Balaban J connectivity index is 2.80. The number of sulfone groups is 1. The van der Waals surface area contributed by atoms with Crippen LogP contribution in [0, 0.1) is 11.8 Å². The number of hydrogen-bond acceptors (Lipinski definition) is 4. The minimum atomic E-state index is -3.08. The van der Waals surface area contributed by atoms with Crippen molar-refractivity contribution in [1.29, 1.82) is 0 Å². The predicted molar refractivity (Wildman–Crippen MR) is 83.7 cm³/mol. The zero-order valence-electron chi connectivity index (χ0n) is 13.4. The molecule has 3 atom stereocenters. The second-order valence-corrected chi connectivity index (χ2v) is 8.62. The van der Waals surface area contributed by atoms with Crippen molar-refractivity contribution >= 4 is 9.84 Å². The van der Waals surface area contributed by atoms with Crippen LogP contribution in [0.3, 0.4) is 0 Å². The van der Waals surface area contributed by atoms with Gasteiger partial charge in [0.05, 0.1) is 17.6 Å². The Bertz CT molecular complexity index is 367. The van der Waals surface area contributed by atoms with Gasteiger partial charge in [-0.05, 0) is 44.1 Å². The molecule has 0 aromatic rings. The molecule has 1 saturated carbocycles. The average molecular weight is 305 g/mol. The van der Waals surface area contributed by atoms with E-state index in [0.717, 1.165) is 32.2 Å². The van der Waals surface area contributed by atoms with Gasteiger partial charge in [0.25, 0.3) is 0 Å². The first kappa shape index (κ1) is 17.9. The fourth-order valence-corrected chi connectivity index (χ4v) is 5.05. The van der Waals surface area contributed by atoms with Crippen molar-refractivity contribution in [1.82, 2.24) is 5.32 Å². The first-order chi connectivity index (χ1) is 9.42. The van der Waals surface area contributed by atoms with Crippen molar-refractivity contribution in [3.63, 3.8) is 0 Å². The summed E-state index contributed by atoms with van der Waals surface area (Å²) in [5.74, 6) is 1.22. The molecular weight excluding hydrogens is 274 g/mol. The van der Waals surface area contributed by atoms with Crippen LogP contribution in [-0.2, 0) is 14.6 Å². The minimum Gasteiger partial charge on any atom is -0.384 e. The van der Waals surface area contributed by atoms with Gasteiger partial charge < -0.3 is 10.1 Å². The molecule has 120 valence electrons. The van der Waals surface area contributed by atoms with E-state index in [1.807, 2.05) is 0 Å². The predicted octanol–water partition coefficient (Wildman–Crippen LogP) is 2.24. The number of rotatable bonds is 8. The van der Waals surface area contributed by atoms with Crippen molar-refractivity contribution in [3.05, 3.63) is 0 Å². The van der Waals surface area contributed by atoms with Gasteiger partial charge in [0, 0.05) is 13.2 Å². The van der Waals surface area contributed by atoms with Crippen LogP contribution in [0.1, 0.15) is 46.5 Å². The fraction of sp³-hybridized carbons (Fsp3) is 1.00. The van der Waals surface area contributed by atoms with E-state index in [1.54, 1.807) is 7.11 Å². The van der Waals surface area contributed by atoms with E-state index < -0.39 is 9.84 Å². The summed E-state index contributed by atoms with van der Waals surface area (Å²) >= 11 is 0. The van der Waals surface area contributed by atoms with Gasteiger partial charge in [-0.25, -0.2) is 8.42 Å². The van der Waals surface area contributed by atoms with Crippen molar-refractivity contribution in [2.24, 2.45) is 11.8 Å². The first-order valence-corrected chi connectivity index (χ1v) is 9.57. The molecule has 1 rings (SSSR count). The van der Waals surface area contributed by atoms with E-state index in [2.05, 4.69) is 26.1 Å². The topological polar surface area (TPSA) is 55.4 Å². The van der Waals surface area contributed by atoms with Crippen LogP contribution in [0.4, 0.5) is 0 Å². The lowest BCUT2D eigenvalue weighted by Gasteiger charge is -2.38. The molecule has 1 fully saturated rings. The Morgan fingerprint density at radius 3 is 2.55 bits per heavy atom. The highest BCUT2D eigenvalue weighted by molar-refractivity contribution is 7.92. The number of ether oxygens (including phenoxy) is 1. The van der Waals surface area contributed by atoms with Gasteiger partial charge in [-0.3, -0.25) is 0 Å². The molecule has 0 saturated heterocycles. The number of nitrogens with one attached hydrogen (secondary N) is 1. The average Bonchev–Trinajstić information content (AvgIpc) is 2.42. The largest absolute Gasteiger partial charge is 0.384 e. The zero-order chi connectivity index (χ0) is 15.2. The standard InChI is InChI=1S/C15H31NO3S/c1-5-8-16-14-7-6-13(12(2)3)11-15(14)20(17,18)10-9-19-4/h12-16H,5-11H2,1-4H3. The molecule has 1 N–H and O–H groups in total. The van der Waals surface area contributed by atoms with Gasteiger partial charge >= 0.3 is 0 Å². The summed E-state index contributed by atoms with van der Waals surface area (Å²) < 4.78 is 30.1. The first-order valence-electron chi connectivity index (χ1n) is 7.86. The van der Waals surface area contributed by atoms with E-state index in [1.165, 1.54) is 0 Å². The van der Waals surface area contributed by atoms with E-state index in [9.17, 15) is 8.42 Å². The van der Waals surface area contributed by atoms with Crippen molar-refractivity contribution < 1.29 is 13.2 Å². The summed E-state index contributed by atoms with van der Waals surface area (Å²) in [6.07, 6.45) is 3.94. The quantitative estimate of drug-likeness (QED) is 0.747. The number of hydrogen-bond donors (Lipinski definition) is 1. The molecule has 0 spiro atoms. The maximum absolute atomic E-state index is 12.6. The van der Waals surface area contributed by atoms with E-state index in [0.29, 0.717) is 18.4 Å². The van der Waals surface area contributed by atoms with Crippen LogP contribution in [0.5, 0.6) is 0 Å². The third-order valence-electron chi connectivity index (χ3n) is 4.46. The molecule has 4 nitrogen and oxygen atoms in total. The highest BCUT2D eigenvalue weighted by atomic mass is 32.2. The van der Waals surface area contributed by atoms with Gasteiger partial charge in [-0.15, -0.1) is 0 Å². The Morgan fingerprint density at radius 1 is 1.30 bits per heavy atom. The fourth-order valence-electron chi connectivity index (χ4n) is 3.08. The molecule has 1 aliphatic carbocycles. The van der Waals surface area contributed by atoms with Crippen molar-refractivity contribution in [2.75, 3.05) is 26.0 Å². The summed E-state index contributed by atoms with van der Waals surface area (Å²) in [7, 11) is -1.52. The van der Waals surface area contributed by atoms with E-state index >= 15 is 0 Å². The second-order valence-electron chi connectivity index (χ2n) is 6.28. The SMILES string of the molecule is CCCNC1CCC(C(C)C)CC1S(=O)(=O)CCOC. The molecule has 0 aliphatic heterocycles. The molecule has 0 aromatic carbocycles. The van der Waals surface area contributed by atoms with Crippen molar-refractivity contribution in [2.45, 2.75) is 57.7 Å². The maximum atomic E-state index is 12.6. The van der Waals surface area contributed by atoms with Crippen LogP contribution in [0.2, 0.25) is 0 Å². The van der Waals surface area contributed by atoms with Crippen LogP contribution >= 0.6 is 0 Å². The molecule has 0 aromatic heterocycles. The molecular formula is C15H31NO3S. The Labute approximate surface area is 124 Å². The Morgan fingerprint density at radius 2 is 2.00 bits per heavy atom. The monoisotopic (exact) mass is 305 g/mol. The van der Waals surface area contributed by atoms with Gasteiger partial charge in [0.1, 0.15) is 0 Å². The summed E-state index contributed by atoms with van der Waals surface area (Å²) in [5, 5.41) is 3.20. The number of methoxy groups -OCH3 is 1. The van der Waals surface area contributed by atoms with Gasteiger partial charge in [-0.1, -0.05) is 20.8 Å². The lowest BCUT2D eigenvalue weighted by Crippen LogP contribution is -2.50. The van der Waals surface area contributed by atoms with Crippen LogP contribution < -0.4 is 5.32 Å². The highest BCUT2D eigenvalue weighted by Crippen LogP contribution is 2.34. The van der Waals surface area contributed by atoms with E-state index in [4.69, 9.17) is 4.74 Å². The van der Waals surface area contributed by atoms with Crippen LogP contribution in [0.15, 0.2) is 0 Å². The third kappa shape index (κ3) is 5.01. The Hall–Kier alpha value is -0.130. The lowest BCUT2D eigenvalue weighted by molar-refractivity contribution is 0.214. The Kier molecular flexibility index (Phi) is 7.48. The molecule has 3 unspecified atom stereocenters. The smallest absolute Gasteiger partial charge is 0.156 e. The third-order valence-corrected chi connectivity index (χ3v) is 6.64. The zero-order valence-corrected chi connectivity index (χ0v) is 14.2. The van der Waals surface area contributed by atoms with E-state index in [-0.39, 0.29) is 17.0 Å². The molecule has 1 aliphatic rings. The summed E-state index contributed by atoms with van der Waals surface area (Å²) in [4.78, 5) is 0. The molecule has 5 heteroatoms. The second kappa shape index (κ2) is 8.35. The van der Waals surface area contributed by atoms with Gasteiger partial charge in [0.2, 0.25) is 0 Å². The lowest BCUT2D eigenvalue weighted by atomic mass is 9.79. The molecule has 0 amide bonds. The minimum absolute atomic E-state index is 0.117. The van der Waals surface area contributed by atoms with Crippen molar-refractivity contribution in [3.8, 4) is 0 Å². The summed E-state index contributed by atoms with van der Waals surface area (Å²) in [5.41, 5.74) is 0. The molecule has 20 heavy (non-hydrogen) atoms. The highest BCUT2D eigenvalue weighted by Gasteiger charge is 2.39. The normalized spacial score (nSPS) is 27.9. The van der Waals surface area contributed by atoms with Crippen LogP contribution in [0.25, 0.3) is 0 Å². The van der Waals surface area contributed by atoms with Crippen LogP contribution in [-0.4, -0.2) is 45.7 Å². The molecule has 0 bridgehead atoms. The molecule has 0 heterocycles.